The van der Waals surface area contributed by atoms with Gasteiger partial charge in [0.1, 0.15) is 5.75 Å². The molecule has 3 aromatic rings. The number of hydrogen-bond acceptors (Lipinski definition) is 7. The van der Waals surface area contributed by atoms with E-state index >= 15 is 0 Å². The number of carbonyl (C=O) groups is 2. The van der Waals surface area contributed by atoms with Crippen LogP contribution in [0.2, 0.25) is 0 Å². The van der Waals surface area contributed by atoms with Crippen molar-refractivity contribution in [1.82, 2.24) is 14.8 Å². The normalized spacial score (nSPS) is 10.5. The number of methoxy groups -OCH3 is 2. The minimum Gasteiger partial charge on any atom is -0.497 e. The number of hydrogen-bond donors (Lipinski definition) is 1. The third-order valence-electron chi connectivity index (χ3n) is 4.30. The summed E-state index contributed by atoms with van der Waals surface area (Å²) in [6.45, 7) is 2.68. The Bertz CT molecular complexity index is 1020. The predicted molar refractivity (Wildman–Crippen MR) is 115 cm³/mol. The topological polar surface area (TPSA) is 95.3 Å². The van der Waals surface area contributed by atoms with Crippen molar-refractivity contribution < 1.29 is 19.1 Å². The van der Waals surface area contributed by atoms with Crippen molar-refractivity contribution in [2.24, 2.45) is 0 Å². The smallest absolute Gasteiger partial charge is 0.337 e. The Morgan fingerprint density at radius 2 is 1.73 bits per heavy atom. The monoisotopic (exact) mass is 426 g/mol. The highest BCUT2D eigenvalue weighted by molar-refractivity contribution is 7.99. The summed E-state index contributed by atoms with van der Waals surface area (Å²) in [4.78, 5) is 23.8. The summed E-state index contributed by atoms with van der Waals surface area (Å²) in [6, 6.07) is 14.1. The maximum absolute atomic E-state index is 12.3. The third kappa shape index (κ3) is 4.98. The Labute approximate surface area is 178 Å². The number of anilines is 1. The number of carbonyl (C=O) groups excluding carboxylic acids is 2. The molecule has 8 nitrogen and oxygen atoms in total. The van der Waals surface area contributed by atoms with Gasteiger partial charge in [0.15, 0.2) is 11.0 Å². The molecule has 1 heterocycles. The van der Waals surface area contributed by atoms with E-state index < -0.39 is 5.97 Å². The van der Waals surface area contributed by atoms with Gasteiger partial charge in [-0.05, 0) is 55.5 Å². The van der Waals surface area contributed by atoms with Gasteiger partial charge < -0.3 is 19.4 Å². The zero-order valence-electron chi connectivity index (χ0n) is 16.9. The minimum absolute atomic E-state index is 0.178. The van der Waals surface area contributed by atoms with Crippen molar-refractivity contribution in [3.8, 4) is 17.1 Å². The Hall–Kier alpha value is -3.33. The second kappa shape index (κ2) is 9.93. The molecule has 0 saturated heterocycles. The van der Waals surface area contributed by atoms with E-state index in [-0.39, 0.29) is 11.7 Å². The summed E-state index contributed by atoms with van der Waals surface area (Å²) in [5.74, 6) is 1.09. The molecular weight excluding hydrogens is 404 g/mol. The van der Waals surface area contributed by atoms with E-state index in [1.54, 1.807) is 31.4 Å². The molecule has 0 atom stereocenters. The van der Waals surface area contributed by atoms with Crippen LogP contribution in [0.4, 0.5) is 5.69 Å². The Kier molecular flexibility index (Phi) is 7.08. The van der Waals surface area contributed by atoms with Crippen LogP contribution in [0.15, 0.2) is 53.7 Å². The molecule has 30 heavy (non-hydrogen) atoms. The number of aromatic nitrogens is 3. The van der Waals surface area contributed by atoms with Gasteiger partial charge in [-0.1, -0.05) is 11.8 Å². The minimum atomic E-state index is -0.421. The third-order valence-corrected chi connectivity index (χ3v) is 5.27. The fraction of sp³-hybridized carbons (Fsp3) is 0.238. The van der Waals surface area contributed by atoms with E-state index in [4.69, 9.17) is 4.74 Å². The molecule has 1 N–H and O–H groups in total. The number of esters is 1. The molecule has 1 aromatic heterocycles. The van der Waals surface area contributed by atoms with Crippen LogP contribution in [0.3, 0.4) is 0 Å². The standard InChI is InChI=1S/C21H22N4O4S/c1-4-25-19(14-7-11-17(28-2)12-8-14)23-24-21(25)30-13-18(26)22-16-9-5-15(6-10-16)20(27)29-3/h5-12H,4,13H2,1-3H3,(H,22,26). The van der Waals surface area contributed by atoms with Gasteiger partial charge in [0, 0.05) is 17.8 Å². The molecular formula is C21H22N4O4S. The molecule has 0 fully saturated rings. The van der Waals surface area contributed by atoms with Crippen molar-refractivity contribution in [1.29, 1.82) is 0 Å². The van der Waals surface area contributed by atoms with Gasteiger partial charge in [-0.2, -0.15) is 0 Å². The maximum Gasteiger partial charge on any atom is 0.337 e. The van der Waals surface area contributed by atoms with Crippen molar-refractivity contribution >= 4 is 29.3 Å². The van der Waals surface area contributed by atoms with Gasteiger partial charge >= 0.3 is 5.97 Å². The first kappa shape index (κ1) is 21.4. The predicted octanol–water partition coefficient (Wildman–Crippen LogP) is 3.49. The lowest BCUT2D eigenvalue weighted by atomic mass is 10.2. The van der Waals surface area contributed by atoms with Crippen LogP contribution in [-0.4, -0.2) is 46.6 Å². The van der Waals surface area contributed by atoms with Crippen LogP contribution in [0.25, 0.3) is 11.4 Å². The average molecular weight is 426 g/mol. The first-order valence-corrected chi connectivity index (χ1v) is 10.2. The Morgan fingerprint density at radius 1 is 1.03 bits per heavy atom. The van der Waals surface area contributed by atoms with E-state index in [1.165, 1.54) is 18.9 Å². The van der Waals surface area contributed by atoms with Gasteiger partial charge in [0.05, 0.1) is 25.5 Å². The van der Waals surface area contributed by atoms with Gasteiger partial charge in [-0.25, -0.2) is 4.79 Å². The van der Waals surface area contributed by atoms with Crippen LogP contribution in [0, 0.1) is 0 Å². The van der Waals surface area contributed by atoms with Crippen LogP contribution in [0.5, 0.6) is 5.75 Å². The van der Waals surface area contributed by atoms with Crippen LogP contribution in [-0.2, 0) is 16.1 Å². The Morgan fingerprint density at radius 3 is 2.33 bits per heavy atom. The number of benzene rings is 2. The number of nitrogens with zero attached hydrogens (tertiary/aromatic N) is 3. The number of nitrogens with one attached hydrogen (secondary N) is 1. The number of amides is 1. The highest BCUT2D eigenvalue weighted by atomic mass is 32.2. The highest BCUT2D eigenvalue weighted by Crippen LogP contribution is 2.25. The lowest BCUT2D eigenvalue weighted by Crippen LogP contribution is -2.14. The molecule has 0 unspecified atom stereocenters. The largest absolute Gasteiger partial charge is 0.497 e. The summed E-state index contributed by atoms with van der Waals surface area (Å²) < 4.78 is 11.8. The van der Waals surface area contributed by atoms with E-state index in [0.29, 0.717) is 23.0 Å². The fourth-order valence-electron chi connectivity index (χ4n) is 2.77. The molecule has 0 aliphatic heterocycles. The first-order valence-electron chi connectivity index (χ1n) is 9.24. The fourth-order valence-corrected chi connectivity index (χ4v) is 3.57. The summed E-state index contributed by atoms with van der Waals surface area (Å²) in [6.07, 6.45) is 0. The number of ether oxygens (including phenoxy) is 2. The zero-order chi connectivity index (χ0) is 21.5. The molecule has 0 aliphatic rings. The van der Waals surface area contributed by atoms with Crippen molar-refractivity contribution in [3.05, 3.63) is 54.1 Å². The molecule has 0 aliphatic carbocycles. The van der Waals surface area contributed by atoms with E-state index in [9.17, 15) is 9.59 Å². The number of rotatable bonds is 8. The average Bonchev–Trinajstić information content (AvgIpc) is 3.20. The lowest BCUT2D eigenvalue weighted by molar-refractivity contribution is -0.113. The zero-order valence-corrected chi connectivity index (χ0v) is 17.7. The number of thioether (sulfide) groups is 1. The second-order valence-corrected chi connectivity index (χ2v) is 7.13. The second-order valence-electron chi connectivity index (χ2n) is 6.18. The van der Waals surface area contributed by atoms with Gasteiger partial charge in [0.2, 0.25) is 5.91 Å². The molecule has 0 radical (unpaired) electrons. The molecule has 1 amide bonds. The summed E-state index contributed by atoms with van der Waals surface area (Å²) in [7, 11) is 2.95. The van der Waals surface area contributed by atoms with Crippen LogP contribution < -0.4 is 10.1 Å². The summed E-state index contributed by atoms with van der Waals surface area (Å²) >= 11 is 1.31. The molecule has 0 bridgehead atoms. The molecule has 3 rings (SSSR count). The van der Waals surface area contributed by atoms with Crippen LogP contribution >= 0.6 is 11.8 Å². The van der Waals surface area contributed by atoms with Crippen molar-refractivity contribution in [2.75, 3.05) is 25.3 Å². The maximum atomic E-state index is 12.3. The van der Waals surface area contributed by atoms with Crippen molar-refractivity contribution in [2.45, 2.75) is 18.6 Å². The summed E-state index contributed by atoms with van der Waals surface area (Å²) in [5.41, 5.74) is 1.95. The van der Waals surface area contributed by atoms with E-state index in [2.05, 4.69) is 20.3 Å². The van der Waals surface area contributed by atoms with Gasteiger partial charge in [-0.3, -0.25) is 4.79 Å². The first-order chi connectivity index (χ1) is 14.5. The van der Waals surface area contributed by atoms with Crippen molar-refractivity contribution in [3.63, 3.8) is 0 Å². The van der Waals surface area contributed by atoms with Gasteiger partial charge in [0.25, 0.3) is 0 Å². The highest BCUT2D eigenvalue weighted by Gasteiger charge is 2.15. The molecule has 9 heteroatoms. The molecule has 2 aromatic carbocycles. The van der Waals surface area contributed by atoms with Crippen LogP contribution in [0.1, 0.15) is 17.3 Å². The van der Waals surface area contributed by atoms with Gasteiger partial charge in [-0.15, -0.1) is 10.2 Å². The quantitative estimate of drug-likeness (QED) is 0.435. The Balaban J connectivity index is 1.63. The molecule has 0 saturated carbocycles. The molecule has 156 valence electrons. The summed E-state index contributed by atoms with van der Waals surface area (Å²) in [5, 5.41) is 12.0. The van der Waals surface area contributed by atoms with E-state index in [1.807, 2.05) is 35.8 Å². The molecule has 0 spiro atoms. The van der Waals surface area contributed by atoms with E-state index in [0.717, 1.165) is 17.1 Å². The SMILES string of the molecule is CCn1c(SCC(=O)Nc2ccc(C(=O)OC)cc2)nnc1-c1ccc(OC)cc1. The lowest BCUT2D eigenvalue weighted by Gasteiger charge is -2.08.